The van der Waals surface area contributed by atoms with Crippen LogP contribution in [0.15, 0.2) is 30.3 Å². The van der Waals surface area contributed by atoms with Gasteiger partial charge in [-0.3, -0.25) is 0 Å². The summed E-state index contributed by atoms with van der Waals surface area (Å²) in [5.41, 5.74) is -6.42. The van der Waals surface area contributed by atoms with E-state index in [-0.39, 0.29) is 18.9 Å². The summed E-state index contributed by atoms with van der Waals surface area (Å²) in [7, 11) is -9.44. The number of hydrogen-bond donors (Lipinski definition) is 2. The molecule has 2 saturated carbocycles. The second-order valence-electron chi connectivity index (χ2n) is 8.53. The first-order valence-electron chi connectivity index (χ1n) is 9.30. The molecule has 0 radical (unpaired) electrons. The summed E-state index contributed by atoms with van der Waals surface area (Å²) in [6.45, 7) is 3.70. The van der Waals surface area contributed by atoms with E-state index in [2.05, 4.69) is 4.72 Å². The first-order valence-corrected chi connectivity index (χ1v) is 12.4. The van der Waals surface area contributed by atoms with Crippen LogP contribution in [0, 0.1) is 16.7 Å². The highest BCUT2D eigenvalue weighted by molar-refractivity contribution is 7.90. The SMILES string of the molecule is CC1(C)[C@@H]2CC[C@@]1(CS(=O)(=O)NCc1ccccc1)[C@H](NS(=O)(=O)C(F)(F)F)C2. The zero-order valence-electron chi connectivity index (χ0n) is 16.2. The second kappa shape index (κ2) is 7.21. The van der Waals surface area contributed by atoms with Crippen LogP contribution in [0.1, 0.15) is 38.7 Å². The molecule has 2 N–H and O–H groups in total. The van der Waals surface area contributed by atoms with Gasteiger partial charge in [0.1, 0.15) is 0 Å². The third kappa shape index (κ3) is 4.06. The van der Waals surface area contributed by atoms with Gasteiger partial charge >= 0.3 is 15.5 Å². The average Bonchev–Trinajstić information content (AvgIpc) is 2.94. The highest BCUT2D eigenvalue weighted by Gasteiger charge is 2.66. The van der Waals surface area contributed by atoms with E-state index < -0.39 is 48.2 Å². The number of nitrogens with one attached hydrogen (secondary N) is 2. The summed E-state index contributed by atoms with van der Waals surface area (Å²) in [4.78, 5) is 0. The zero-order chi connectivity index (χ0) is 21.7. The lowest BCUT2D eigenvalue weighted by molar-refractivity contribution is -0.0457. The van der Waals surface area contributed by atoms with Crippen LogP contribution in [0.4, 0.5) is 13.2 Å². The van der Waals surface area contributed by atoms with Crippen LogP contribution in [-0.4, -0.2) is 34.1 Å². The summed E-state index contributed by atoms with van der Waals surface area (Å²) in [6, 6.07) is 7.76. The average molecular weight is 455 g/mol. The second-order valence-corrected chi connectivity index (χ2v) is 12.0. The lowest BCUT2D eigenvalue weighted by atomic mass is 9.69. The van der Waals surface area contributed by atoms with E-state index in [1.165, 1.54) is 0 Å². The fraction of sp³-hybridized carbons (Fsp3) is 0.667. The van der Waals surface area contributed by atoms with E-state index in [1.54, 1.807) is 35.1 Å². The van der Waals surface area contributed by atoms with Crippen molar-refractivity contribution in [2.24, 2.45) is 16.7 Å². The number of hydrogen-bond acceptors (Lipinski definition) is 4. The molecular formula is C18H25F3N2O4S2. The van der Waals surface area contributed by atoms with Crippen molar-refractivity contribution in [3.05, 3.63) is 35.9 Å². The molecule has 1 aromatic carbocycles. The van der Waals surface area contributed by atoms with E-state index in [0.29, 0.717) is 12.8 Å². The van der Waals surface area contributed by atoms with Gasteiger partial charge in [-0.25, -0.2) is 26.3 Å². The van der Waals surface area contributed by atoms with Gasteiger partial charge in [-0.2, -0.15) is 13.2 Å². The number of benzene rings is 1. The summed E-state index contributed by atoms with van der Waals surface area (Å²) < 4.78 is 92.1. The highest BCUT2D eigenvalue weighted by Crippen LogP contribution is 2.66. The van der Waals surface area contributed by atoms with Crippen molar-refractivity contribution < 1.29 is 30.0 Å². The van der Waals surface area contributed by atoms with Crippen molar-refractivity contribution in [1.29, 1.82) is 0 Å². The maximum absolute atomic E-state index is 12.9. The van der Waals surface area contributed by atoms with E-state index in [0.717, 1.165) is 5.56 Å². The van der Waals surface area contributed by atoms with Crippen LogP contribution in [0.25, 0.3) is 0 Å². The van der Waals surface area contributed by atoms with Gasteiger partial charge in [0, 0.05) is 18.0 Å². The number of sulfonamides is 2. The molecule has 3 rings (SSSR count). The minimum Gasteiger partial charge on any atom is -0.212 e. The minimum atomic E-state index is -5.57. The van der Waals surface area contributed by atoms with E-state index >= 15 is 0 Å². The predicted octanol–water partition coefficient (Wildman–Crippen LogP) is 2.74. The summed E-state index contributed by atoms with van der Waals surface area (Å²) in [6.07, 6.45) is 1.20. The maximum Gasteiger partial charge on any atom is 0.511 e. The van der Waals surface area contributed by atoms with Crippen LogP contribution in [0.3, 0.4) is 0 Å². The topological polar surface area (TPSA) is 92.3 Å². The Balaban J connectivity index is 1.85. The highest BCUT2D eigenvalue weighted by atomic mass is 32.2. The van der Waals surface area contributed by atoms with Gasteiger partial charge < -0.3 is 0 Å². The minimum absolute atomic E-state index is 0.0484. The maximum atomic E-state index is 12.9. The third-order valence-electron chi connectivity index (χ3n) is 6.82. The van der Waals surface area contributed by atoms with Gasteiger partial charge in [-0.05, 0) is 36.2 Å². The van der Waals surface area contributed by atoms with Crippen LogP contribution < -0.4 is 9.44 Å². The van der Waals surface area contributed by atoms with Gasteiger partial charge in [-0.1, -0.05) is 44.2 Å². The lowest BCUT2D eigenvalue weighted by Crippen LogP contribution is -2.55. The first kappa shape index (κ1) is 22.5. The molecule has 3 atom stereocenters. The Labute approximate surface area is 169 Å². The number of fused-ring (bicyclic) bond motifs is 2. The molecule has 29 heavy (non-hydrogen) atoms. The monoisotopic (exact) mass is 454 g/mol. The van der Waals surface area contributed by atoms with E-state index in [4.69, 9.17) is 0 Å². The van der Waals surface area contributed by atoms with Gasteiger partial charge in [0.2, 0.25) is 10.0 Å². The van der Waals surface area contributed by atoms with Crippen molar-refractivity contribution in [1.82, 2.24) is 9.44 Å². The van der Waals surface area contributed by atoms with Crippen molar-refractivity contribution in [3.63, 3.8) is 0 Å². The molecule has 0 unspecified atom stereocenters. The standard InChI is InChI=1S/C18H25F3N2O4S2/c1-16(2)14-8-9-17(16,15(10-14)23-29(26,27)18(19,20)21)12-28(24,25)22-11-13-6-4-3-5-7-13/h3-7,14-15,22-23H,8-12H2,1-2H3/t14-,15-,17-/m1/s1. The molecule has 0 spiro atoms. The molecule has 164 valence electrons. The lowest BCUT2D eigenvalue weighted by Gasteiger charge is -2.42. The molecule has 0 aromatic heterocycles. The molecule has 0 aliphatic heterocycles. The first-order chi connectivity index (χ1) is 13.2. The van der Waals surface area contributed by atoms with Crippen LogP contribution in [0.2, 0.25) is 0 Å². The Bertz CT molecular complexity index is 963. The van der Waals surface area contributed by atoms with Crippen molar-refractivity contribution in [3.8, 4) is 0 Å². The van der Waals surface area contributed by atoms with Gasteiger partial charge in [-0.15, -0.1) is 0 Å². The largest absolute Gasteiger partial charge is 0.511 e. The van der Waals surface area contributed by atoms with Crippen molar-refractivity contribution in [2.45, 2.75) is 51.2 Å². The van der Waals surface area contributed by atoms with Crippen molar-refractivity contribution >= 4 is 20.0 Å². The Morgan fingerprint density at radius 1 is 1.10 bits per heavy atom. The Hall–Kier alpha value is -1.17. The van der Waals surface area contributed by atoms with Crippen LogP contribution in [-0.2, 0) is 26.6 Å². The van der Waals surface area contributed by atoms with E-state index in [9.17, 15) is 30.0 Å². The van der Waals surface area contributed by atoms with Gasteiger partial charge in [0.05, 0.1) is 5.75 Å². The third-order valence-corrected chi connectivity index (χ3v) is 9.50. The Morgan fingerprint density at radius 2 is 1.72 bits per heavy atom. The molecule has 1 aromatic rings. The molecule has 2 fully saturated rings. The molecule has 6 nitrogen and oxygen atoms in total. The zero-order valence-corrected chi connectivity index (χ0v) is 17.8. The molecule has 2 aliphatic carbocycles. The smallest absolute Gasteiger partial charge is 0.212 e. The summed E-state index contributed by atoms with van der Waals surface area (Å²) in [5.74, 6) is -0.478. The Morgan fingerprint density at radius 3 is 2.28 bits per heavy atom. The quantitative estimate of drug-likeness (QED) is 0.663. The Kier molecular flexibility index (Phi) is 5.60. The summed E-state index contributed by atoms with van der Waals surface area (Å²) >= 11 is 0. The molecule has 11 heteroatoms. The molecule has 0 saturated heterocycles. The fourth-order valence-corrected chi connectivity index (χ4v) is 7.73. The van der Waals surface area contributed by atoms with Gasteiger partial charge in [0.15, 0.2) is 0 Å². The summed E-state index contributed by atoms with van der Waals surface area (Å²) in [5, 5.41) is 0. The number of alkyl halides is 3. The number of halogens is 3. The predicted molar refractivity (Wildman–Crippen MR) is 103 cm³/mol. The molecule has 0 amide bonds. The van der Waals surface area contributed by atoms with Crippen molar-refractivity contribution in [2.75, 3.05) is 5.75 Å². The van der Waals surface area contributed by atoms with Gasteiger partial charge in [0.25, 0.3) is 0 Å². The molecular weight excluding hydrogens is 429 g/mol. The molecule has 2 bridgehead atoms. The number of rotatable bonds is 7. The molecule has 2 aliphatic rings. The van der Waals surface area contributed by atoms with Crippen LogP contribution >= 0.6 is 0 Å². The fourth-order valence-electron chi connectivity index (χ4n) is 5.02. The normalized spacial score (nSPS) is 29.3. The van der Waals surface area contributed by atoms with E-state index in [1.807, 2.05) is 13.8 Å². The van der Waals surface area contributed by atoms with Crippen LogP contribution in [0.5, 0.6) is 0 Å². The molecule has 0 heterocycles.